The first-order chi connectivity index (χ1) is 13.5. The molecule has 0 aromatic heterocycles. The molecule has 0 aliphatic rings. The van der Waals surface area contributed by atoms with Gasteiger partial charge in [0.1, 0.15) is 5.82 Å². The summed E-state index contributed by atoms with van der Waals surface area (Å²) in [5.41, 5.74) is 1.99. The van der Waals surface area contributed by atoms with Crippen LogP contribution in [-0.2, 0) is 17.8 Å². The summed E-state index contributed by atoms with van der Waals surface area (Å²) in [4.78, 5) is 19.5. The van der Waals surface area contributed by atoms with Gasteiger partial charge >= 0.3 is 0 Å². The Balaban J connectivity index is 1.72. The van der Waals surface area contributed by atoms with E-state index < -0.39 is 0 Å². The number of nitrogens with one attached hydrogen (secondary N) is 2. The topological polar surface area (TPSA) is 56.7 Å². The van der Waals surface area contributed by atoms with Gasteiger partial charge in [0.05, 0.1) is 6.42 Å². The van der Waals surface area contributed by atoms with Gasteiger partial charge in [-0.1, -0.05) is 24.3 Å². The number of hydrogen-bond acceptors (Lipinski definition) is 3. The summed E-state index contributed by atoms with van der Waals surface area (Å²) in [6, 6.07) is 14.4. The van der Waals surface area contributed by atoms with E-state index in [4.69, 9.17) is 0 Å². The lowest BCUT2D eigenvalue weighted by atomic mass is 10.1. The molecule has 0 atom stereocenters. The van der Waals surface area contributed by atoms with Gasteiger partial charge in [0.25, 0.3) is 0 Å². The largest absolute Gasteiger partial charge is 0.354 e. The molecule has 0 spiro atoms. The quantitative estimate of drug-likeness (QED) is 0.309. The highest BCUT2D eigenvalue weighted by molar-refractivity contribution is 7.98. The molecule has 0 bridgehead atoms. The maximum Gasteiger partial charge on any atom is 0.224 e. The van der Waals surface area contributed by atoms with Gasteiger partial charge in [-0.2, -0.15) is 0 Å². The third kappa shape index (κ3) is 7.23. The Morgan fingerprint density at radius 1 is 1.04 bits per heavy atom. The fourth-order valence-electron chi connectivity index (χ4n) is 2.69. The number of nitrogens with zero attached hydrogens (tertiary/aromatic N) is 2. The van der Waals surface area contributed by atoms with Crippen molar-refractivity contribution in [1.82, 2.24) is 15.5 Å². The van der Waals surface area contributed by atoms with Gasteiger partial charge in [-0.25, -0.2) is 4.39 Å². The molecule has 0 aliphatic heterocycles. The van der Waals surface area contributed by atoms with Gasteiger partial charge in [0.15, 0.2) is 5.96 Å². The molecule has 2 N–H and O–H groups in total. The second-order valence-electron chi connectivity index (χ2n) is 6.33. The van der Waals surface area contributed by atoms with E-state index >= 15 is 0 Å². The van der Waals surface area contributed by atoms with Crippen molar-refractivity contribution >= 4 is 23.6 Å². The Bertz CT molecular complexity index is 778. The van der Waals surface area contributed by atoms with Crippen molar-refractivity contribution in [2.45, 2.75) is 17.9 Å². The minimum absolute atomic E-state index is 0.0920. The van der Waals surface area contributed by atoms with E-state index in [9.17, 15) is 9.18 Å². The molecule has 0 radical (unpaired) electrons. The highest BCUT2D eigenvalue weighted by Gasteiger charge is 2.07. The van der Waals surface area contributed by atoms with E-state index in [2.05, 4.69) is 46.1 Å². The lowest BCUT2D eigenvalue weighted by Gasteiger charge is -2.22. The predicted octanol–water partition coefficient (Wildman–Crippen LogP) is 2.91. The van der Waals surface area contributed by atoms with Crippen LogP contribution < -0.4 is 10.6 Å². The predicted molar refractivity (Wildman–Crippen MR) is 114 cm³/mol. The van der Waals surface area contributed by atoms with Crippen LogP contribution in [0.5, 0.6) is 0 Å². The SMILES string of the molecule is CN=C(NCCNC(=O)Cc1ccc(F)cc1)N(C)Cc1ccc(SC)cc1. The average Bonchev–Trinajstić information content (AvgIpc) is 2.70. The molecule has 7 heteroatoms. The maximum absolute atomic E-state index is 12.9. The molecule has 5 nitrogen and oxygen atoms in total. The standard InChI is InChI=1S/C21H27FN4OS/c1-23-21(26(2)15-17-6-10-19(28-3)11-7-17)25-13-12-24-20(27)14-16-4-8-18(22)9-5-16/h4-11H,12-15H2,1-3H3,(H,23,25)(H,24,27). The minimum atomic E-state index is -0.302. The average molecular weight is 403 g/mol. The van der Waals surface area contributed by atoms with E-state index in [0.717, 1.165) is 18.1 Å². The molecule has 2 aromatic carbocycles. The number of carbonyl (C=O) groups is 1. The van der Waals surface area contributed by atoms with Gasteiger partial charge in [-0.3, -0.25) is 9.79 Å². The van der Waals surface area contributed by atoms with Gasteiger partial charge in [-0.15, -0.1) is 11.8 Å². The van der Waals surface area contributed by atoms with Crippen molar-refractivity contribution in [2.24, 2.45) is 4.99 Å². The van der Waals surface area contributed by atoms with Crippen molar-refractivity contribution in [3.05, 3.63) is 65.5 Å². The van der Waals surface area contributed by atoms with Crippen LogP contribution in [-0.4, -0.2) is 50.2 Å². The third-order valence-electron chi connectivity index (χ3n) is 4.16. The number of hydrogen-bond donors (Lipinski definition) is 2. The summed E-state index contributed by atoms with van der Waals surface area (Å²) < 4.78 is 12.9. The van der Waals surface area contributed by atoms with E-state index in [1.165, 1.54) is 22.6 Å². The first-order valence-electron chi connectivity index (χ1n) is 9.07. The van der Waals surface area contributed by atoms with Crippen LogP contribution in [0, 0.1) is 5.82 Å². The number of thioether (sulfide) groups is 1. The van der Waals surface area contributed by atoms with E-state index in [-0.39, 0.29) is 18.1 Å². The molecule has 0 heterocycles. The van der Waals surface area contributed by atoms with Crippen LogP contribution in [0.15, 0.2) is 58.4 Å². The Kier molecular flexibility index (Phi) is 8.81. The Hall–Kier alpha value is -2.54. The van der Waals surface area contributed by atoms with Gasteiger partial charge in [-0.05, 0) is 41.6 Å². The summed E-state index contributed by atoms with van der Waals surface area (Å²) in [7, 11) is 3.72. The van der Waals surface area contributed by atoms with Crippen LogP contribution in [0.4, 0.5) is 4.39 Å². The maximum atomic E-state index is 12.9. The van der Waals surface area contributed by atoms with Gasteiger partial charge in [0.2, 0.25) is 5.91 Å². The fraction of sp³-hybridized carbons (Fsp3) is 0.333. The number of halogens is 1. The van der Waals surface area contributed by atoms with Crippen LogP contribution >= 0.6 is 11.8 Å². The molecule has 0 saturated carbocycles. The molecule has 0 aliphatic carbocycles. The van der Waals surface area contributed by atoms with Gasteiger partial charge in [0, 0.05) is 38.6 Å². The van der Waals surface area contributed by atoms with E-state index in [1.54, 1.807) is 30.9 Å². The lowest BCUT2D eigenvalue weighted by molar-refractivity contribution is -0.120. The highest BCUT2D eigenvalue weighted by Crippen LogP contribution is 2.15. The summed E-state index contributed by atoms with van der Waals surface area (Å²) in [6.07, 6.45) is 2.30. The Morgan fingerprint density at radius 3 is 2.25 bits per heavy atom. The van der Waals surface area contributed by atoms with Crippen LogP contribution in [0.1, 0.15) is 11.1 Å². The molecule has 2 aromatic rings. The second-order valence-corrected chi connectivity index (χ2v) is 7.21. The first kappa shape index (κ1) is 21.8. The Morgan fingerprint density at radius 2 is 1.64 bits per heavy atom. The summed E-state index contributed by atoms with van der Waals surface area (Å²) in [5, 5.41) is 6.10. The summed E-state index contributed by atoms with van der Waals surface area (Å²) >= 11 is 1.72. The smallest absolute Gasteiger partial charge is 0.224 e. The van der Waals surface area contributed by atoms with E-state index in [1.807, 2.05) is 11.9 Å². The van der Waals surface area contributed by atoms with Crippen molar-refractivity contribution < 1.29 is 9.18 Å². The number of rotatable bonds is 8. The number of carbonyl (C=O) groups excluding carboxylic acids is 1. The van der Waals surface area contributed by atoms with Gasteiger partial charge < -0.3 is 15.5 Å². The molecule has 1 amide bonds. The number of amides is 1. The number of guanidine groups is 1. The monoisotopic (exact) mass is 402 g/mol. The van der Waals surface area contributed by atoms with Crippen molar-refractivity contribution in [2.75, 3.05) is 33.4 Å². The fourth-order valence-corrected chi connectivity index (χ4v) is 3.10. The zero-order chi connectivity index (χ0) is 20.4. The number of aliphatic imine (C=N–C) groups is 1. The molecular formula is C21H27FN4OS. The molecule has 0 fully saturated rings. The second kappa shape index (κ2) is 11.3. The molecule has 28 heavy (non-hydrogen) atoms. The number of benzene rings is 2. The highest BCUT2D eigenvalue weighted by atomic mass is 32.2. The molecule has 0 unspecified atom stereocenters. The van der Waals surface area contributed by atoms with Crippen LogP contribution in [0.2, 0.25) is 0 Å². The summed E-state index contributed by atoms with van der Waals surface area (Å²) in [6.45, 7) is 1.79. The zero-order valence-electron chi connectivity index (χ0n) is 16.5. The summed E-state index contributed by atoms with van der Waals surface area (Å²) in [5.74, 6) is 0.372. The molecule has 150 valence electrons. The third-order valence-corrected chi connectivity index (χ3v) is 4.90. The minimum Gasteiger partial charge on any atom is -0.354 e. The Labute approximate surface area is 170 Å². The van der Waals surface area contributed by atoms with Crippen molar-refractivity contribution in [3.8, 4) is 0 Å². The zero-order valence-corrected chi connectivity index (χ0v) is 17.4. The lowest BCUT2D eigenvalue weighted by Crippen LogP contribution is -2.42. The van der Waals surface area contributed by atoms with Crippen molar-refractivity contribution in [1.29, 1.82) is 0 Å². The van der Waals surface area contributed by atoms with Crippen LogP contribution in [0.3, 0.4) is 0 Å². The van der Waals surface area contributed by atoms with Crippen LogP contribution in [0.25, 0.3) is 0 Å². The molecular weight excluding hydrogens is 375 g/mol. The normalized spacial score (nSPS) is 11.2. The van der Waals surface area contributed by atoms with E-state index in [0.29, 0.717) is 13.1 Å². The molecule has 0 saturated heterocycles. The molecule has 2 rings (SSSR count). The van der Waals surface area contributed by atoms with Crippen molar-refractivity contribution in [3.63, 3.8) is 0 Å². The first-order valence-corrected chi connectivity index (χ1v) is 10.3.